The molecule has 0 unspecified atom stereocenters. The van der Waals surface area contributed by atoms with Crippen LogP contribution in [0.25, 0.3) is 0 Å². The zero-order valence-corrected chi connectivity index (χ0v) is 26.4. The average Bonchev–Trinajstić information content (AvgIpc) is 3.01. The van der Waals surface area contributed by atoms with Crippen LogP contribution in [-0.4, -0.2) is 36.7 Å². The van der Waals surface area contributed by atoms with Crippen molar-refractivity contribution in [3.63, 3.8) is 0 Å². The van der Waals surface area contributed by atoms with Crippen molar-refractivity contribution < 1.29 is 14.3 Å². The first-order valence-electron chi connectivity index (χ1n) is 13.3. The van der Waals surface area contributed by atoms with E-state index < -0.39 is 5.60 Å². The van der Waals surface area contributed by atoms with E-state index in [9.17, 15) is 4.79 Å². The molecule has 0 amide bonds. The van der Waals surface area contributed by atoms with E-state index in [-0.39, 0.29) is 18.0 Å². The largest absolute Gasteiger partial charge is 0.481 e. The summed E-state index contributed by atoms with van der Waals surface area (Å²) in [5.41, 5.74) is 2.13. The maximum Gasteiger partial charge on any atom is 0.344 e. The Labute approximate surface area is 240 Å². The third-order valence-electron chi connectivity index (χ3n) is 6.59. The van der Waals surface area contributed by atoms with Gasteiger partial charge in [0, 0.05) is 27.4 Å². The van der Waals surface area contributed by atoms with Gasteiger partial charge in [-0.25, -0.2) is 4.79 Å². The van der Waals surface area contributed by atoms with Crippen LogP contribution < -0.4 is 9.64 Å². The summed E-state index contributed by atoms with van der Waals surface area (Å²) < 4.78 is 12.6. The number of carbonyl (C=O) groups is 1. The van der Waals surface area contributed by atoms with Crippen LogP contribution in [0, 0.1) is 5.41 Å². The number of halogens is 1. The quantitative estimate of drug-likeness (QED) is 0.187. The normalized spacial score (nSPS) is 15.2. The molecule has 0 radical (unpaired) electrons. The van der Waals surface area contributed by atoms with Crippen molar-refractivity contribution in [1.82, 2.24) is 0 Å². The molecular weight excluding hydrogens is 566 g/mol. The fourth-order valence-corrected chi connectivity index (χ4v) is 6.88. The number of nitrogens with zero attached hydrogens (tertiary/aromatic N) is 1. The molecule has 4 nitrogen and oxygen atoms in total. The maximum absolute atomic E-state index is 12.4. The molecular formula is C30H42BrNO3S2. The number of unbranched alkanes of at least 4 members (excludes halogenated alkanes) is 2. The molecule has 0 saturated heterocycles. The average molecular weight is 609 g/mol. The number of hydrogen-bond acceptors (Lipinski definition) is 6. The van der Waals surface area contributed by atoms with Crippen molar-refractivity contribution in [1.29, 1.82) is 0 Å². The zero-order chi connectivity index (χ0) is 27.1. The van der Waals surface area contributed by atoms with Gasteiger partial charge >= 0.3 is 5.97 Å². The van der Waals surface area contributed by atoms with E-state index in [4.69, 9.17) is 9.47 Å². The van der Waals surface area contributed by atoms with Crippen molar-refractivity contribution >= 4 is 56.8 Å². The lowest BCUT2D eigenvalue weighted by Crippen LogP contribution is -2.36. The van der Waals surface area contributed by atoms with E-state index in [1.807, 2.05) is 32.5 Å². The fourth-order valence-electron chi connectivity index (χ4n) is 4.72. The van der Waals surface area contributed by atoms with Gasteiger partial charge in [0.1, 0.15) is 11.4 Å². The number of thioether (sulfide) groups is 2. The number of benzene rings is 2. The van der Waals surface area contributed by atoms with Crippen molar-refractivity contribution in [2.24, 2.45) is 5.41 Å². The highest BCUT2D eigenvalue weighted by atomic mass is 79.9. The number of esters is 1. The topological polar surface area (TPSA) is 38.8 Å². The highest BCUT2D eigenvalue weighted by Gasteiger charge is 2.36. The van der Waals surface area contributed by atoms with Gasteiger partial charge < -0.3 is 14.4 Å². The number of fused-ring (bicyclic) bond motifs is 1. The van der Waals surface area contributed by atoms with Crippen molar-refractivity contribution in [2.75, 3.05) is 30.1 Å². The first-order chi connectivity index (χ1) is 17.6. The van der Waals surface area contributed by atoms with Crippen molar-refractivity contribution in [3.8, 4) is 5.75 Å². The molecule has 1 heterocycles. The third kappa shape index (κ3) is 8.59. The summed E-state index contributed by atoms with van der Waals surface area (Å²) in [5.74, 6) is 1.48. The number of ether oxygens (including phenoxy) is 2. The van der Waals surface area contributed by atoms with E-state index in [2.05, 4.69) is 77.3 Å². The van der Waals surface area contributed by atoms with Gasteiger partial charge in [-0.2, -0.15) is 0 Å². The monoisotopic (exact) mass is 607 g/mol. The van der Waals surface area contributed by atoms with E-state index >= 15 is 0 Å². The van der Waals surface area contributed by atoms with E-state index in [1.54, 1.807) is 11.8 Å². The molecule has 0 atom stereocenters. The Kier molecular flexibility index (Phi) is 11.2. The minimum absolute atomic E-state index is 0.0956. The molecule has 0 spiro atoms. The molecule has 3 rings (SSSR count). The molecule has 37 heavy (non-hydrogen) atoms. The lowest BCUT2D eigenvalue weighted by atomic mass is 9.79. The smallest absolute Gasteiger partial charge is 0.344 e. The van der Waals surface area contributed by atoms with Crippen LogP contribution >= 0.6 is 39.5 Å². The molecule has 0 N–H and O–H groups in total. The van der Waals surface area contributed by atoms with Gasteiger partial charge in [-0.15, -0.1) is 23.5 Å². The minimum atomic E-state index is -0.530. The molecule has 204 valence electrons. The second-order valence-electron chi connectivity index (χ2n) is 10.9. The highest BCUT2D eigenvalue weighted by Crippen LogP contribution is 2.50. The van der Waals surface area contributed by atoms with Gasteiger partial charge in [-0.1, -0.05) is 55.5 Å². The third-order valence-corrected chi connectivity index (χ3v) is 9.27. The van der Waals surface area contributed by atoms with Gasteiger partial charge in [-0.3, -0.25) is 0 Å². The number of carbonyl (C=O) groups excluding carboxylic acids is 1. The summed E-state index contributed by atoms with van der Waals surface area (Å²) in [6.07, 6.45) is 9.43. The fraction of sp³-hybridized carbons (Fsp3) is 0.567. The van der Waals surface area contributed by atoms with Crippen LogP contribution in [0.1, 0.15) is 73.1 Å². The summed E-state index contributed by atoms with van der Waals surface area (Å²) >= 11 is 7.19. The molecule has 0 aliphatic carbocycles. The molecule has 1 aliphatic rings. The van der Waals surface area contributed by atoms with Crippen LogP contribution in [0.4, 0.5) is 11.4 Å². The Morgan fingerprint density at radius 1 is 1.11 bits per heavy atom. The molecule has 0 saturated carbocycles. The summed E-state index contributed by atoms with van der Waals surface area (Å²) in [7, 11) is 0. The van der Waals surface area contributed by atoms with Crippen LogP contribution in [0.5, 0.6) is 5.75 Å². The SMILES string of the molecule is CCCCC1(CCCC)CSc2cc(OCC(=O)OC(C)(C)C)c(SC)cc2N(c2ccc(Br)cc2)C1. The standard InChI is InChI=1S/C30H42BrNO3S2/c1-7-9-15-30(16-10-8-2)20-32(23-13-11-22(31)12-14-23)24-17-27(36-6)25(18-26(24)37-21-30)34-19-28(33)35-29(3,4)5/h11-14,17-18H,7-10,15-16,19-21H2,1-6H3. The lowest BCUT2D eigenvalue weighted by molar-refractivity contribution is -0.157. The molecule has 7 heteroatoms. The number of hydrogen-bond donors (Lipinski definition) is 0. The predicted octanol–water partition coefficient (Wildman–Crippen LogP) is 9.50. The van der Waals surface area contributed by atoms with E-state index in [1.165, 1.54) is 54.8 Å². The summed E-state index contributed by atoms with van der Waals surface area (Å²) in [6, 6.07) is 13.0. The molecule has 1 aliphatic heterocycles. The van der Waals surface area contributed by atoms with E-state index in [0.29, 0.717) is 0 Å². The zero-order valence-electron chi connectivity index (χ0n) is 23.2. The Balaban J connectivity index is 2.01. The van der Waals surface area contributed by atoms with Crippen LogP contribution in [0.2, 0.25) is 0 Å². The summed E-state index contributed by atoms with van der Waals surface area (Å²) in [5, 5.41) is 0. The van der Waals surface area contributed by atoms with Crippen LogP contribution in [-0.2, 0) is 9.53 Å². The van der Waals surface area contributed by atoms with Crippen molar-refractivity contribution in [2.45, 2.75) is 88.5 Å². The molecule has 0 fully saturated rings. The first-order valence-corrected chi connectivity index (χ1v) is 16.3. The Bertz CT molecular complexity index is 1030. The molecule has 2 aromatic rings. The Hall–Kier alpha value is -1.31. The highest BCUT2D eigenvalue weighted by molar-refractivity contribution is 9.10. The lowest BCUT2D eigenvalue weighted by Gasteiger charge is -2.37. The molecule has 0 aromatic heterocycles. The van der Waals surface area contributed by atoms with Gasteiger partial charge in [0.05, 0.1) is 10.6 Å². The Morgan fingerprint density at radius 3 is 2.32 bits per heavy atom. The van der Waals surface area contributed by atoms with Gasteiger partial charge in [0.25, 0.3) is 0 Å². The van der Waals surface area contributed by atoms with Crippen LogP contribution in [0.3, 0.4) is 0 Å². The second-order valence-corrected chi connectivity index (χ2v) is 13.7. The predicted molar refractivity (Wildman–Crippen MR) is 163 cm³/mol. The summed E-state index contributed by atoms with van der Waals surface area (Å²) in [6.45, 7) is 11.1. The van der Waals surface area contributed by atoms with Crippen LogP contribution in [0.15, 0.2) is 50.7 Å². The number of anilines is 2. The minimum Gasteiger partial charge on any atom is -0.481 e. The van der Waals surface area contributed by atoms with Gasteiger partial charge in [0.2, 0.25) is 0 Å². The Morgan fingerprint density at radius 2 is 1.76 bits per heavy atom. The van der Waals surface area contributed by atoms with Gasteiger partial charge in [0.15, 0.2) is 6.61 Å². The first kappa shape index (κ1) is 30.2. The van der Waals surface area contributed by atoms with Crippen molar-refractivity contribution in [3.05, 3.63) is 40.9 Å². The maximum atomic E-state index is 12.4. The molecule has 2 aromatic carbocycles. The molecule has 0 bridgehead atoms. The van der Waals surface area contributed by atoms with Gasteiger partial charge in [-0.05, 0) is 81.7 Å². The second kappa shape index (κ2) is 13.7. The number of rotatable bonds is 11. The van der Waals surface area contributed by atoms with E-state index in [0.717, 1.165) is 27.4 Å². The summed E-state index contributed by atoms with van der Waals surface area (Å²) in [4.78, 5) is 17.1.